The molecular weight excluding hydrogens is 290 g/mol. The molecule has 21 heavy (non-hydrogen) atoms. The van der Waals surface area contributed by atoms with Crippen LogP contribution in [0.1, 0.15) is 31.0 Å². The summed E-state index contributed by atoms with van der Waals surface area (Å²) in [6, 6.07) is 7.93. The van der Waals surface area contributed by atoms with E-state index in [0.717, 1.165) is 31.2 Å². The predicted octanol–water partition coefficient (Wildman–Crippen LogP) is 2.99. The smallest absolute Gasteiger partial charge is 0.253 e. The fourth-order valence-corrected chi connectivity index (χ4v) is 2.08. The third-order valence-corrected chi connectivity index (χ3v) is 3.51. The molecular formula is C15H18ClN3O2. The number of hydrogen-bond donors (Lipinski definition) is 1. The van der Waals surface area contributed by atoms with Crippen LogP contribution >= 0.6 is 11.6 Å². The van der Waals surface area contributed by atoms with E-state index in [9.17, 15) is 0 Å². The minimum Gasteiger partial charge on any atom is -0.484 e. The summed E-state index contributed by atoms with van der Waals surface area (Å²) in [7, 11) is 0. The number of ether oxygens (including phenoxy) is 1. The van der Waals surface area contributed by atoms with Crippen LogP contribution in [0.25, 0.3) is 0 Å². The quantitative estimate of drug-likeness (QED) is 0.760. The van der Waals surface area contributed by atoms with Gasteiger partial charge in [0.1, 0.15) is 5.75 Å². The first-order valence-corrected chi connectivity index (χ1v) is 7.60. The Balaban J connectivity index is 1.40. The van der Waals surface area contributed by atoms with Crippen molar-refractivity contribution in [3.63, 3.8) is 0 Å². The molecule has 1 saturated carbocycles. The van der Waals surface area contributed by atoms with Crippen LogP contribution in [0.4, 0.5) is 0 Å². The number of aromatic nitrogens is 2. The number of rotatable bonds is 8. The van der Waals surface area contributed by atoms with Gasteiger partial charge in [-0.25, -0.2) is 0 Å². The van der Waals surface area contributed by atoms with Gasteiger partial charge in [0.15, 0.2) is 6.61 Å². The summed E-state index contributed by atoms with van der Waals surface area (Å²) in [6.45, 7) is 1.28. The highest BCUT2D eigenvalue weighted by atomic mass is 35.5. The SMILES string of the molecule is Clc1ccc(OCc2nnc(CCCNC3CC3)o2)cc1. The number of nitrogens with one attached hydrogen (secondary N) is 1. The molecule has 2 aromatic rings. The number of hydrogen-bond acceptors (Lipinski definition) is 5. The highest BCUT2D eigenvalue weighted by molar-refractivity contribution is 6.30. The monoisotopic (exact) mass is 307 g/mol. The average molecular weight is 308 g/mol. The molecule has 1 aromatic heterocycles. The normalized spacial score (nSPS) is 14.3. The van der Waals surface area contributed by atoms with E-state index >= 15 is 0 Å². The van der Waals surface area contributed by atoms with Crippen molar-refractivity contribution in [2.45, 2.75) is 38.3 Å². The second-order valence-corrected chi connectivity index (χ2v) is 5.60. The van der Waals surface area contributed by atoms with Crippen LogP contribution in [0.3, 0.4) is 0 Å². The maximum atomic E-state index is 5.81. The van der Waals surface area contributed by atoms with Gasteiger partial charge < -0.3 is 14.5 Å². The first-order chi connectivity index (χ1) is 10.3. The topological polar surface area (TPSA) is 60.2 Å². The molecule has 0 bridgehead atoms. The van der Waals surface area contributed by atoms with Crippen LogP contribution in [0.2, 0.25) is 5.02 Å². The third kappa shape index (κ3) is 4.72. The summed E-state index contributed by atoms with van der Waals surface area (Å²) < 4.78 is 11.1. The van der Waals surface area contributed by atoms with Gasteiger partial charge in [-0.15, -0.1) is 10.2 Å². The van der Waals surface area contributed by atoms with Gasteiger partial charge in [0, 0.05) is 17.5 Å². The molecule has 0 saturated heterocycles. The average Bonchev–Trinajstić information content (AvgIpc) is 3.21. The molecule has 0 radical (unpaired) electrons. The summed E-state index contributed by atoms with van der Waals surface area (Å²) in [6.07, 6.45) is 4.43. The van der Waals surface area contributed by atoms with Crippen LogP contribution in [-0.4, -0.2) is 22.8 Å². The lowest BCUT2D eigenvalue weighted by Crippen LogP contribution is -2.17. The van der Waals surface area contributed by atoms with Crippen molar-refractivity contribution >= 4 is 11.6 Å². The van der Waals surface area contributed by atoms with E-state index in [2.05, 4.69) is 15.5 Å². The lowest BCUT2D eigenvalue weighted by molar-refractivity contribution is 0.258. The van der Waals surface area contributed by atoms with Crippen LogP contribution in [0.15, 0.2) is 28.7 Å². The van der Waals surface area contributed by atoms with Gasteiger partial charge in [0.2, 0.25) is 5.89 Å². The maximum Gasteiger partial charge on any atom is 0.253 e. The zero-order valence-corrected chi connectivity index (χ0v) is 12.5. The van der Waals surface area contributed by atoms with Crippen molar-refractivity contribution in [2.24, 2.45) is 0 Å². The van der Waals surface area contributed by atoms with Gasteiger partial charge in [-0.1, -0.05) is 11.6 Å². The summed E-state index contributed by atoms with van der Waals surface area (Å²) in [5.41, 5.74) is 0. The Morgan fingerprint density at radius 1 is 1.19 bits per heavy atom. The Bertz CT molecular complexity index is 567. The molecule has 0 atom stereocenters. The zero-order valence-electron chi connectivity index (χ0n) is 11.7. The summed E-state index contributed by atoms with van der Waals surface area (Å²) in [5.74, 6) is 1.89. The van der Waals surface area contributed by atoms with Crippen LogP contribution in [-0.2, 0) is 13.0 Å². The van der Waals surface area contributed by atoms with E-state index in [4.69, 9.17) is 20.8 Å². The minimum atomic E-state index is 0.273. The van der Waals surface area contributed by atoms with E-state index in [-0.39, 0.29) is 6.61 Å². The second kappa shape index (κ2) is 6.91. The predicted molar refractivity (Wildman–Crippen MR) is 79.4 cm³/mol. The highest BCUT2D eigenvalue weighted by Crippen LogP contribution is 2.18. The molecule has 0 aliphatic heterocycles. The number of halogens is 1. The van der Waals surface area contributed by atoms with Gasteiger partial charge in [0.05, 0.1) is 0 Å². The first kappa shape index (κ1) is 14.4. The Morgan fingerprint density at radius 2 is 1.95 bits per heavy atom. The first-order valence-electron chi connectivity index (χ1n) is 7.22. The molecule has 112 valence electrons. The molecule has 1 aliphatic carbocycles. The summed E-state index contributed by atoms with van der Waals surface area (Å²) >= 11 is 5.81. The molecule has 0 unspecified atom stereocenters. The Kier molecular flexibility index (Phi) is 4.72. The molecule has 1 aromatic carbocycles. The van der Waals surface area contributed by atoms with Crippen molar-refractivity contribution in [1.29, 1.82) is 0 Å². The van der Waals surface area contributed by atoms with Crippen molar-refractivity contribution < 1.29 is 9.15 Å². The van der Waals surface area contributed by atoms with Crippen molar-refractivity contribution in [3.8, 4) is 5.75 Å². The van der Waals surface area contributed by atoms with E-state index in [1.807, 2.05) is 12.1 Å². The van der Waals surface area contributed by atoms with Gasteiger partial charge in [-0.3, -0.25) is 0 Å². The van der Waals surface area contributed by atoms with Crippen molar-refractivity contribution in [1.82, 2.24) is 15.5 Å². The largest absolute Gasteiger partial charge is 0.484 e. The van der Waals surface area contributed by atoms with Gasteiger partial charge >= 0.3 is 0 Å². The lowest BCUT2D eigenvalue weighted by atomic mass is 10.3. The summed E-state index contributed by atoms with van der Waals surface area (Å²) in [5, 5.41) is 12.2. The standard InChI is InChI=1S/C15H18ClN3O2/c16-11-3-7-13(8-4-11)20-10-15-19-18-14(21-15)2-1-9-17-12-5-6-12/h3-4,7-8,12,17H,1-2,5-6,9-10H2. The molecule has 5 nitrogen and oxygen atoms in total. The number of benzene rings is 1. The van der Waals surface area contributed by atoms with E-state index in [1.54, 1.807) is 12.1 Å². The van der Waals surface area contributed by atoms with E-state index < -0.39 is 0 Å². The second-order valence-electron chi connectivity index (χ2n) is 5.16. The zero-order chi connectivity index (χ0) is 14.5. The van der Waals surface area contributed by atoms with Gasteiger partial charge in [0.25, 0.3) is 5.89 Å². The fourth-order valence-electron chi connectivity index (χ4n) is 1.96. The molecule has 1 fully saturated rings. The van der Waals surface area contributed by atoms with Crippen LogP contribution in [0.5, 0.6) is 5.75 Å². The number of nitrogens with zero attached hydrogens (tertiary/aromatic N) is 2. The molecule has 1 N–H and O–H groups in total. The molecule has 1 aliphatic rings. The summed E-state index contributed by atoms with van der Waals surface area (Å²) in [4.78, 5) is 0. The van der Waals surface area contributed by atoms with Gasteiger partial charge in [-0.05, 0) is 50.1 Å². The highest BCUT2D eigenvalue weighted by Gasteiger charge is 2.19. The molecule has 3 rings (SSSR count). The molecule has 6 heteroatoms. The van der Waals surface area contributed by atoms with E-state index in [0.29, 0.717) is 16.8 Å². The molecule has 0 amide bonds. The van der Waals surface area contributed by atoms with Crippen LogP contribution in [0, 0.1) is 0 Å². The van der Waals surface area contributed by atoms with Crippen LogP contribution < -0.4 is 10.1 Å². The van der Waals surface area contributed by atoms with Gasteiger partial charge in [-0.2, -0.15) is 0 Å². The molecule has 0 spiro atoms. The van der Waals surface area contributed by atoms with Crippen molar-refractivity contribution in [2.75, 3.05) is 6.54 Å². The lowest BCUT2D eigenvalue weighted by Gasteiger charge is -2.02. The van der Waals surface area contributed by atoms with E-state index in [1.165, 1.54) is 12.8 Å². The Morgan fingerprint density at radius 3 is 2.71 bits per heavy atom. The maximum absolute atomic E-state index is 5.81. The Hall–Kier alpha value is -1.59. The minimum absolute atomic E-state index is 0.273. The Labute approximate surface area is 128 Å². The molecule has 1 heterocycles. The fraction of sp³-hybridized carbons (Fsp3) is 0.467. The number of aryl methyl sites for hydroxylation is 1. The van der Waals surface area contributed by atoms with Crippen molar-refractivity contribution in [3.05, 3.63) is 41.1 Å². The third-order valence-electron chi connectivity index (χ3n) is 3.26.